The summed E-state index contributed by atoms with van der Waals surface area (Å²) in [5.41, 5.74) is 14.3. The lowest BCUT2D eigenvalue weighted by atomic mass is 9.43. The lowest BCUT2D eigenvalue weighted by Gasteiger charge is -2.43. The summed E-state index contributed by atoms with van der Waals surface area (Å²) in [7, 11) is 0. The second-order valence-electron chi connectivity index (χ2n) is 12.5. The molecule has 46 heavy (non-hydrogen) atoms. The monoisotopic (exact) mass is 600 g/mol. The fraction of sp³-hybridized carbons (Fsp3) is 0. The Morgan fingerprint density at radius 2 is 1.15 bits per heavy atom. The third-order valence-electron chi connectivity index (χ3n) is 10.2. The van der Waals surface area contributed by atoms with Crippen LogP contribution < -0.4 is 15.7 Å². The molecular weight excluding hydrogens is 575 g/mol. The first-order chi connectivity index (χ1) is 22.8. The first kappa shape index (κ1) is 24.7. The van der Waals surface area contributed by atoms with Crippen molar-refractivity contribution in [3.05, 3.63) is 152 Å². The van der Waals surface area contributed by atoms with Gasteiger partial charge in [0.2, 0.25) is 0 Å². The summed E-state index contributed by atoms with van der Waals surface area (Å²) in [5.74, 6) is 0. The average Bonchev–Trinajstić information content (AvgIpc) is 3.65. The molecule has 0 radical (unpaired) electrons. The molecule has 0 fully saturated rings. The fourth-order valence-electron chi connectivity index (χ4n) is 8.36. The van der Waals surface area contributed by atoms with Crippen molar-refractivity contribution in [2.75, 3.05) is 4.81 Å². The number of fused-ring (bicyclic) bond motifs is 18. The Bertz CT molecular complexity index is 2720. The Hall–Kier alpha value is -5.58. The second kappa shape index (κ2) is 9.00. The minimum atomic E-state index is 0.115. The van der Waals surface area contributed by atoms with Crippen LogP contribution >= 0.6 is 11.3 Å². The topological polar surface area (TPSA) is 8.17 Å². The van der Waals surface area contributed by atoms with Crippen molar-refractivity contribution in [1.29, 1.82) is 0 Å². The Kier molecular flexibility index (Phi) is 4.83. The van der Waals surface area contributed by atoms with Crippen LogP contribution in [0.5, 0.6) is 0 Å². The van der Waals surface area contributed by atoms with Gasteiger partial charge in [-0.15, -0.1) is 11.3 Å². The maximum atomic E-state index is 2.61. The molecule has 11 rings (SSSR count). The lowest BCUT2D eigenvalue weighted by molar-refractivity contribution is 1.18. The zero-order valence-electron chi connectivity index (χ0n) is 24.8. The Morgan fingerprint density at radius 3 is 2.02 bits per heavy atom. The zero-order valence-corrected chi connectivity index (χ0v) is 25.6. The first-order valence-electron chi connectivity index (χ1n) is 15.9. The second-order valence-corrected chi connectivity index (χ2v) is 13.5. The molecule has 2 aliphatic rings. The molecule has 9 aromatic rings. The van der Waals surface area contributed by atoms with E-state index in [1.807, 2.05) is 11.3 Å². The number of anilines is 2. The van der Waals surface area contributed by atoms with E-state index in [0.29, 0.717) is 0 Å². The predicted molar refractivity (Wildman–Crippen MR) is 198 cm³/mol. The third kappa shape index (κ3) is 3.12. The molecule has 4 heterocycles. The van der Waals surface area contributed by atoms with Gasteiger partial charge in [-0.25, -0.2) is 0 Å². The van der Waals surface area contributed by atoms with Crippen LogP contribution in [0, 0.1) is 0 Å². The maximum Gasteiger partial charge on any atom is 0.329 e. The van der Waals surface area contributed by atoms with Gasteiger partial charge in [-0.1, -0.05) is 103 Å². The number of rotatable bonds is 1. The summed E-state index contributed by atoms with van der Waals surface area (Å²) in [6, 6.07) is 56.2. The quantitative estimate of drug-likeness (QED) is 0.170. The molecule has 2 aromatic heterocycles. The number of para-hydroxylation sites is 3. The average molecular weight is 601 g/mol. The molecule has 7 aromatic carbocycles. The third-order valence-corrected chi connectivity index (χ3v) is 11.3. The number of aromatic nitrogens is 1. The van der Waals surface area contributed by atoms with E-state index in [1.54, 1.807) is 0 Å². The van der Waals surface area contributed by atoms with Crippen molar-refractivity contribution in [1.82, 2.24) is 4.57 Å². The van der Waals surface area contributed by atoms with E-state index < -0.39 is 0 Å². The van der Waals surface area contributed by atoms with Crippen LogP contribution in [0.2, 0.25) is 0 Å². The van der Waals surface area contributed by atoms with Crippen LogP contribution in [0.1, 0.15) is 0 Å². The summed E-state index contributed by atoms with van der Waals surface area (Å²) >= 11 is 1.91. The molecule has 0 N–H and O–H groups in total. The van der Waals surface area contributed by atoms with Gasteiger partial charge in [0.05, 0.1) is 11.0 Å². The van der Waals surface area contributed by atoms with E-state index in [0.717, 1.165) is 0 Å². The minimum absolute atomic E-state index is 0.115. The van der Waals surface area contributed by atoms with Gasteiger partial charge in [0, 0.05) is 59.1 Å². The summed E-state index contributed by atoms with van der Waals surface area (Å²) in [5, 5.41) is 5.27. The van der Waals surface area contributed by atoms with Gasteiger partial charge >= 0.3 is 6.85 Å². The predicted octanol–water partition coefficient (Wildman–Crippen LogP) is 10.1. The Morgan fingerprint density at radius 1 is 0.457 bits per heavy atom. The molecule has 0 atom stereocenters. The zero-order chi connectivity index (χ0) is 29.9. The molecule has 4 heteroatoms. The van der Waals surface area contributed by atoms with Crippen molar-refractivity contribution in [2.45, 2.75) is 0 Å². The largest absolute Gasteiger partial charge is 0.376 e. The molecule has 212 valence electrons. The summed E-state index contributed by atoms with van der Waals surface area (Å²) in [6.07, 6.45) is 0. The summed E-state index contributed by atoms with van der Waals surface area (Å²) in [4.78, 5) is 2.61. The number of thiophene rings is 1. The number of hydrogen-bond acceptors (Lipinski definition) is 2. The van der Waals surface area contributed by atoms with Crippen molar-refractivity contribution < 1.29 is 0 Å². The summed E-state index contributed by atoms with van der Waals surface area (Å²) in [6.45, 7) is 0.115. The molecule has 2 aliphatic heterocycles. The highest BCUT2D eigenvalue weighted by Crippen LogP contribution is 2.51. The van der Waals surface area contributed by atoms with E-state index in [2.05, 4.69) is 161 Å². The molecule has 0 unspecified atom stereocenters. The molecule has 0 aliphatic carbocycles. The Labute approximate surface area is 270 Å². The molecule has 0 amide bonds. The molecule has 0 saturated carbocycles. The van der Waals surface area contributed by atoms with Gasteiger partial charge in [-0.2, -0.15) is 0 Å². The van der Waals surface area contributed by atoms with Crippen molar-refractivity contribution in [2.24, 2.45) is 0 Å². The molecule has 0 saturated heterocycles. The lowest BCUT2D eigenvalue weighted by Crippen LogP contribution is -2.59. The van der Waals surface area contributed by atoms with E-state index >= 15 is 0 Å². The smallest absolute Gasteiger partial charge is 0.329 e. The van der Waals surface area contributed by atoms with Gasteiger partial charge in [0.15, 0.2) is 0 Å². The van der Waals surface area contributed by atoms with Crippen LogP contribution in [0.4, 0.5) is 11.4 Å². The molecular formula is C42H25BN2S. The van der Waals surface area contributed by atoms with E-state index in [4.69, 9.17) is 0 Å². The van der Waals surface area contributed by atoms with Gasteiger partial charge in [0.1, 0.15) is 0 Å². The molecule has 0 spiro atoms. The molecule has 2 nitrogen and oxygen atoms in total. The standard InChI is InChI=1S/C42H25BN2S/c1-2-12-26(13-3-1)44-35-20-10-6-16-29(35)31-25-40-32(24-38(31)44)42-39(46-40)23-22-37-41(42)30-17-5-9-19-34(30)43-33-18-8-4-14-27(33)28-15-7-11-21-36(28)45(37)43/h1-25H. The highest BCUT2D eigenvalue weighted by atomic mass is 32.1. The number of benzene rings is 7. The highest BCUT2D eigenvalue weighted by Gasteiger charge is 2.42. The fourth-order valence-corrected chi connectivity index (χ4v) is 9.49. The highest BCUT2D eigenvalue weighted by molar-refractivity contribution is 7.26. The van der Waals surface area contributed by atoms with Gasteiger partial charge < -0.3 is 9.38 Å². The minimum Gasteiger partial charge on any atom is -0.376 e. The van der Waals surface area contributed by atoms with Crippen molar-refractivity contribution in [3.63, 3.8) is 0 Å². The van der Waals surface area contributed by atoms with E-state index in [9.17, 15) is 0 Å². The van der Waals surface area contributed by atoms with E-state index in [1.165, 1.54) is 92.2 Å². The van der Waals surface area contributed by atoms with Crippen LogP contribution in [0.25, 0.3) is 69.9 Å². The van der Waals surface area contributed by atoms with Crippen molar-refractivity contribution >= 4 is 82.5 Å². The van der Waals surface area contributed by atoms with Crippen LogP contribution in [-0.4, -0.2) is 11.4 Å². The van der Waals surface area contributed by atoms with Crippen LogP contribution in [0.15, 0.2) is 152 Å². The van der Waals surface area contributed by atoms with Crippen LogP contribution in [-0.2, 0) is 0 Å². The summed E-state index contributed by atoms with van der Waals surface area (Å²) < 4.78 is 5.09. The van der Waals surface area contributed by atoms with Crippen molar-refractivity contribution in [3.8, 4) is 27.9 Å². The number of nitrogens with zero attached hydrogens (tertiary/aromatic N) is 2. The van der Waals surface area contributed by atoms with Gasteiger partial charge in [-0.05, 0) is 70.6 Å². The van der Waals surface area contributed by atoms with Gasteiger partial charge in [0.25, 0.3) is 0 Å². The SMILES string of the molecule is c1ccc(-n2c3ccccc3c3cc4sc5ccc6c(c5c4cc32)-c2ccccc2B2c3ccccc3-c3ccccc3N26)cc1. The maximum absolute atomic E-state index is 2.61. The normalized spacial score (nSPS) is 13.1. The van der Waals surface area contributed by atoms with E-state index in [-0.39, 0.29) is 6.85 Å². The van der Waals surface area contributed by atoms with Crippen LogP contribution in [0.3, 0.4) is 0 Å². The molecule has 0 bridgehead atoms. The number of hydrogen-bond donors (Lipinski definition) is 0. The first-order valence-corrected chi connectivity index (χ1v) is 16.7. The van der Waals surface area contributed by atoms with Gasteiger partial charge in [-0.3, -0.25) is 0 Å². The Balaban J connectivity index is 1.28.